The predicted molar refractivity (Wildman–Crippen MR) is 88.2 cm³/mol. The minimum Gasteiger partial charge on any atom is -0.337 e. The van der Waals surface area contributed by atoms with Crippen molar-refractivity contribution in [3.8, 4) is 0 Å². The van der Waals surface area contributed by atoms with Gasteiger partial charge in [-0.25, -0.2) is 13.4 Å². The first-order chi connectivity index (χ1) is 10.4. The Kier molecular flexibility index (Phi) is 5.37. The Labute approximate surface area is 145 Å². The van der Waals surface area contributed by atoms with Crippen LogP contribution in [0.4, 0.5) is 0 Å². The van der Waals surface area contributed by atoms with Crippen LogP contribution in [0.2, 0.25) is 5.02 Å². The van der Waals surface area contributed by atoms with Crippen LogP contribution >= 0.6 is 24.0 Å². The molecular formula is C12H18Cl2N6O2S. The molecular weight excluding hydrogens is 363 g/mol. The summed E-state index contributed by atoms with van der Waals surface area (Å²) in [6.07, 6.45) is 4.80. The number of sulfonamides is 1. The van der Waals surface area contributed by atoms with Gasteiger partial charge in [-0.1, -0.05) is 11.6 Å². The lowest BCUT2D eigenvalue weighted by Crippen LogP contribution is -2.49. The van der Waals surface area contributed by atoms with Crippen molar-refractivity contribution in [1.29, 1.82) is 0 Å². The molecule has 0 radical (unpaired) electrons. The first-order valence-electron chi connectivity index (χ1n) is 6.80. The molecule has 0 saturated carbocycles. The molecule has 1 atom stereocenters. The molecule has 1 unspecified atom stereocenters. The van der Waals surface area contributed by atoms with Crippen molar-refractivity contribution in [3.63, 3.8) is 0 Å². The van der Waals surface area contributed by atoms with Crippen molar-refractivity contribution >= 4 is 34.0 Å². The molecule has 0 amide bonds. The van der Waals surface area contributed by atoms with E-state index >= 15 is 0 Å². The normalized spacial score (nSPS) is 19.5. The molecule has 3 heterocycles. The third-order valence-corrected chi connectivity index (χ3v) is 6.16. The molecule has 1 saturated heterocycles. The summed E-state index contributed by atoms with van der Waals surface area (Å²) >= 11 is 6.03. The topological polar surface area (TPSA) is 85.1 Å². The molecule has 1 aliphatic rings. The Balaban J connectivity index is 0.00000192. The average molecular weight is 381 g/mol. The van der Waals surface area contributed by atoms with Crippen molar-refractivity contribution in [2.75, 3.05) is 19.6 Å². The first kappa shape index (κ1) is 18.2. The third-order valence-electron chi connectivity index (χ3n) is 3.75. The number of hydrogen-bond acceptors (Lipinski definition) is 5. The largest absolute Gasteiger partial charge is 0.337 e. The molecule has 2 aromatic rings. The molecule has 0 aromatic carbocycles. The standard InChI is InChI=1S/C12H17ClN6O2S.ClH/c1-17-5-4-15-11(17)10-8-14-3-6-19(10)22(20,21)12-9(13)7-16-18(12)2;/h4-5,7,10,14H,3,6,8H2,1-2H3;1H. The van der Waals surface area contributed by atoms with Gasteiger partial charge in [-0.2, -0.15) is 9.40 Å². The quantitative estimate of drug-likeness (QED) is 0.840. The van der Waals surface area contributed by atoms with Crippen molar-refractivity contribution in [2.24, 2.45) is 14.1 Å². The number of imidazole rings is 1. The molecule has 2 aromatic heterocycles. The molecule has 1 aliphatic heterocycles. The summed E-state index contributed by atoms with van der Waals surface area (Å²) in [6.45, 7) is 1.43. The maximum absolute atomic E-state index is 13.0. The predicted octanol–water partition coefficient (Wildman–Crippen LogP) is 0.564. The van der Waals surface area contributed by atoms with Crippen LogP contribution in [0, 0.1) is 0 Å². The van der Waals surface area contributed by atoms with E-state index in [1.807, 2.05) is 11.6 Å². The van der Waals surface area contributed by atoms with Gasteiger partial charge in [0.15, 0.2) is 5.03 Å². The number of halogens is 2. The molecule has 0 bridgehead atoms. The minimum atomic E-state index is -3.76. The molecule has 0 aliphatic carbocycles. The summed E-state index contributed by atoms with van der Waals surface area (Å²) in [6, 6.07) is -0.385. The van der Waals surface area contributed by atoms with Gasteiger partial charge in [-0.3, -0.25) is 4.68 Å². The van der Waals surface area contributed by atoms with Crippen molar-refractivity contribution in [3.05, 3.63) is 29.4 Å². The molecule has 23 heavy (non-hydrogen) atoms. The Hall–Kier alpha value is -1.13. The van der Waals surface area contributed by atoms with Crippen LogP contribution in [0.1, 0.15) is 11.9 Å². The molecule has 1 N–H and O–H groups in total. The highest BCUT2D eigenvalue weighted by Gasteiger charge is 2.39. The zero-order valence-corrected chi connectivity index (χ0v) is 15.1. The maximum Gasteiger partial charge on any atom is 0.262 e. The Bertz CT molecular complexity index is 768. The lowest BCUT2D eigenvalue weighted by atomic mass is 10.2. The van der Waals surface area contributed by atoms with Crippen molar-refractivity contribution < 1.29 is 8.42 Å². The van der Waals surface area contributed by atoms with E-state index < -0.39 is 10.0 Å². The molecule has 1 fully saturated rings. The molecule has 11 heteroatoms. The van der Waals surface area contributed by atoms with E-state index in [9.17, 15) is 8.42 Å². The van der Waals surface area contributed by atoms with Gasteiger partial charge in [-0.05, 0) is 0 Å². The second-order valence-corrected chi connectivity index (χ2v) is 7.37. The summed E-state index contributed by atoms with van der Waals surface area (Å²) in [7, 11) is -0.351. The SMILES string of the molecule is Cl.Cn1ccnc1C1CNCCN1S(=O)(=O)c1c(Cl)cnn1C. The first-order valence-corrected chi connectivity index (χ1v) is 8.62. The highest BCUT2D eigenvalue weighted by molar-refractivity contribution is 7.89. The highest BCUT2D eigenvalue weighted by atomic mass is 35.5. The van der Waals surface area contributed by atoms with E-state index in [1.54, 1.807) is 19.4 Å². The highest BCUT2D eigenvalue weighted by Crippen LogP contribution is 2.30. The second kappa shape index (κ2) is 6.78. The number of rotatable bonds is 3. The van der Waals surface area contributed by atoms with E-state index in [2.05, 4.69) is 15.4 Å². The lowest BCUT2D eigenvalue weighted by molar-refractivity contribution is 0.257. The van der Waals surface area contributed by atoms with Gasteiger partial charge in [0.2, 0.25) is 0 Å². The van der Waals surface area contributed by atoms with Crippen molar-refractivity contribution in [2.45, 2.75) is 11.1 Å². The fourth-order valence-electron chi connectivity index (χ4n) is 2.69. The van der Waals surface area contributed by atoms with E-state index in [0.717, 1.165) is 0 Å². The van der Waals surface area contributed by atoms with Crippen LogP contribution < -0.4 is 5.32 Å². The summed E-state index contributed by atoms with van der Waals surface area (Å²) in [4.78, 5) is 4.29. The number of nitrogens with zero attached hydrogens (tertiary/aromatic N) is 5. The zero-order valence-electron chi connectivity index (χ0n) is 12.7. The zero-order chi connectivity index (χ0) is 15.9. The van der Waals surface area contributed by atoms with Crippen molar-refractivity contribution in [1.82, 2.24) is 29.0 Å². The monoisotopic (exact) mass is 380 g/mol. The van der Waals surface area contributed by atoms with Gasteiger partial charge < -0.3 is 9.88 Å². The van der Waals surface area contributed by atoms with E-state index in [0.29, 0.717) is 25.5 Å². The maximum atomic E-state index is 13.0. The third kappa shape index (κ3) is 3.11. The fourth-order valence-corrected chi connectivity index (χ4v) is 4.89. The summed E-state index contributed by atoms with van der Waals surface area (Å²) in [5.41, 5.74) is 0. The van der Waals surface area contributed by atoms with Gasteiger partial charge in [0.05, 0.1) is 17.3 Å². The lowest BCUT2D eigenvalue weighted by Gasteiger charge is -2.34. The number of hydrogen-bond donors (Lipinski definition) is 1. The summed E-state index contributed by atoms with van der Waals surface area (Å²) < 4.78 is 30.6. The molecule has 128 valence electrons. The molecule has 8 nitrogen and oxygen atoms in total. The fraction of sp³-hybridized carbons (Fsp3) is 0.500. The number of piperazine rings is 1. The Morgan fingerprint density at radius 2 is 2.13 bits per heavy atom. The Morgan fingerprint density at radius 1 is 1.39 bits per heavy atom. The van der Waals surface area contributed by atoms with Crippen LogP contribution in [0.5, 0.6) is 0 Å². The van der Waals surface area contributed by atoms with E-state index in [1.165, 1.54) is 15.2 Å². The van der Waals surface area contributed by atoms with Gasteiger partial charge in [0, 0.05) is 46.1 Å². The van der Waals surface area contributed by atoms with Gasteiger partial charge >= 0.3 is 0 Å². The van der Waals surface area contributed by atoms with Gasteiger partial charge in [0.25, 0.3) is 10.0 Å². The second-order valence-electron chi connectivity index (χ2n) is 5.15. The summed E-state index contributed by atoms with van der Waals surface area (Å²) in [5.74, 6) is 0.689. The molecule has 0 spiro atoms. The number of aryl methyl sites for hydroxylation is 2. The Morgan fingerprint density at radius 3 is 2.70 bits per heavy atom. The average Bonchev–Trinajstić information content (AvgIpc) is 3.05. The smallest absolute Gasteiger partial charge is 0.262 e. The van der Waals surface area contributed by atoms with Crippen LogP contribution in [0.3, 0.4) is 0 Å². The number of nitrogens with one attached hydrogen (secondary N) is 1. The van der Waals surface area contributed by atoms with Crippen LogP contribution in [-0.4, -0.2) is 51.7 Å². The number of aromatic nitrogens is 4. The van der Waals surface area contributed by atoms with E-state index in [-0.39, 0.29) is 28.5 Å². The van der Waals surface area contributed by atoms with Gasteiger partial charge in [-0.15, -0.1) is 12.4 Å². The molecule has 3 rings (SSSR count). The van der Waals surface area contributed by atoms with Crippen LogP contribution in [0.15, 0.2) is 23.6 Å². The van der Waals surface area contributed by atoms with Crippen LogP contribution in [-0.2, 0) is 24.1 Å². The summed E-state index contributed by atoms with van der Waals surface area (Å²) in [5, 5.41) is 7.27. The minimum absolute atomic E-state index is 0. The van der Waals surface area contributed by atoms with E-state index in [4.69, 9.17) is 11.6 Å². The van der Waals surface area contributed by atoms with Crippen LogP contribution in [0.25, 0.3) is 0 Å². The van der Waals surface area contributed by atoms with Gasteiger partial charge in [0.1, 0.15) is 5.82 Å².